The van der Waals surface area contributed by atoms with Crippen molar-refractivity contribution in [2.75, 3.05) is 0 Å². The summed E-state index contributed by atoms with van der Waals surface area (Å²) in [5.41, 5.74) is 1.03. The van der Waals surface area contributed by atoms with Gasteiger partial charge in [-0.05, 0) is 49.9 Å². The van der Waals surface area contributed by atoms with Crippen molar-refractivity contribution < 1.29 is 0 Å². The third kappa shape index (κ3) is 3.61. The molecular formula is C17H27N. The summed E-state index contributed by atoms with van der Waals surface area (Å²) in [5, 5.41) is 8.89. The smallest absolute Gasteiger partial charge is 0.0943 e. The molecule has 1 nitrogen and oxygen atoms in total. The SMILES string of the molecule is CCCCC1CCC(C2CC=C(C#N)CC2)CC1. The molecule has 0 N–H and O–H groups in total. The van der Waals surface area contributed by atoms with Crippen LogP contribution < -0.4 is 0 Å². The second-order valence-corrected chi connectivity index (χ2v) is 6.30. The molecule has 0 aromatic carbocycles. The van der Waals surface area contributed by atoms with E-state index in [1.54, 1.807) is 0 Å². The number of nitrogens with zero attached hydrogens (tertiary/aromatic N) is 1. The van der Waals surface area contributed by atoms with Crippen LogP contribution in [0, 0.1) is 29.1 Å². The zero-order valence-electron chi connectivity index (χ0n) is 11.8. The van der Waals surface area contributed by atoms with E-state index < -0.39 is 0 Å². The summed E-state index contributed by atoms with van der Waals surface area (Å²) < 4.78 is 0. The summed E-state index contributed by atoms with van der Waals surface area (Å²) in [6.07, 6.45) is 15.8. The van der Waals surface area contributed by atoms with Gasteiger partial charge in [0.2, 0.25) is 0 Å². The Morgan fingerprint density at radius 3 is 2.50 bits per heavy atom. The Kier molecular flexibility index (Phi) is 5.29. The molecule has 1 fully saturated rings. The fourth-order valence-corrected chi connectivity index (χ4v) is 3.83. The molecule has 0 radical (unpaired) electrons. The van der Waals surface area contributed by atoms with Crippen molar-refractivity contribution in [2.24, 2.45) is 17.8 Å². The normalized spacial score (nSPS) is 32.7. The highest BCUT2D eigenvalue weighted by atomic mass is 14.3. The lowest BCUT2D eigenvalue weighted by Crippen LogP contribution is -2.23. The number of allylic oxidation sites excluding steroid dienone is 2. The number of hydrogen-bond donors (Lipinski definition) is 0. The van der Waals surface area contributed by atoms with Gasteiger partial charge in [-0.2, -0.15) is 5.26 Å². The molecular weight excluding hydrogens is 218 g/mol. The predicted octanol–water partition coefficient (Wildman–Crippen LogP) is 5.23. The van der Waals surface area contributed by atoms with Gasteiger partial charge in [0, 0.05) is 5.57 Å². The highest BCUT2D eigenvalue weighted by molar-refractivity contribution is 5.22. The molecule has 0 amide bonds. The minimum absolute atomic E-state index is 0.884. The van der Waals surface area contributed by atoms with Crippen molar-refractivity contribution >= 4 is 0 Å². The lowest BCUT2D eigenvalue weighted by molar-refractivity contribution is 0.186. The first kappa shape index (κ1) is 13.7. The third-order valence-corrected chi connectivity index (χ3v) is 5.12. The van der Waals surface area contributed by atoms with Gasteiger partial charge in [-0.3, -0.25) is 0 Å². The standard InChI is InChI=1S/C17H27N/c1-2-3-4-14-5-9-16(10-6-14)17-11-7-15(13-18)8-12-17/h7,14,16-17H,2-6,8-12H2,1H3. The molecule has 0 aliphatic heterocycles. The van der Waals surface area contributed by atoms with Gasteiger partial charge in [-0.1, -0.05) is 45.1 Å². The number of nitriles is 1. The van der Waals surface area contributed by atoms with Crippen LogP contribution in [0.5, 0.6) is 0 Å². The highest BCUT2D eigenvalue weighted by Gasteiger charge is 2.28. The van der Waals surface area contributed by atoms with Crippen LogP contribution in [0.3, 0.4) is 0 Å². The quantitative estimate of drug-likeness (QED) is 0.665. The first-order chi connectivity index (χ1) is 8.83. The topological polar surface area (TPSA) is 23.8 Å². The maximum atomic E-state index is 8.89. The molecule has 0 heterocycles. The van der Waals surface area contributed by atoms with Gasteiger partial charge in [0.25, 0.3) is 0 Å². The van der Waals surface area contributed by atoms with Crippen LogP contribution in [-0.4, -0.2) is 0 Å². The molecule has 2 aliphatic rings. The van der Waals surface area contributed by atoms with Crippen LogP contribution in [0.15, 0.2) is 11.6 Å². The van der Waals surface area contributed by atoms with Crippen molar-refractivity contribution in [3.63, 3.8) is 0 Å². The van der Waals surface area contributed by atoms with Gasteiger partial charge in [-0.15, -0.1) is 0 Å². The first-order valence-corrected chi connectivity index (χ1v) is 7.92. The Bertz CT molecular complexity index is 315. The number of rotatable bonds is 4. The van der Waals surface area contributed by atoms with Crippen molar-refractivity contribution in [3.05, 3.63) is 11.6 Å². The van der Waals surface area contributed by atoms with Crippen LogP contribution in [0.2, 0.25) is 0 Å². The molecule has 1 saturated carbocycles. The molecule has 1 heteroatoms. The zero-order valence-corrected chi connectivity index (χ0v) is 11.8. The highest BCUT2D eigenvalue weighted by Crippen LogP contribution is 2.40. The molecule has 0 aromatic heterocycles. The second kappa shape index (κ2) is 6.98. The molecule has 0 spiro atoms. The van der Waals surface area contributed by atoms with Gasteiger partial charge < -0.3 is 0 Å². The van der Waals surface area contributed by atoms with E-state index in [0.717, 1.165) is 29.7 Å². The van der Waals surface area contributed by atoms with Gasteiger partial charge in [0.1, 0.15) is 0 Å². The summed E-state index contributed by atoms with van der Waals surface area (Å²) in [6.45, 7) is 2.30. The van der Waals surface area contributed by atoms with Crippen LogP contribution >= 0.6 is 0 Å². The number of unbranched alkanes of at least 4 members (excludes halogenated alkanes) is 1. The lowest BCUT2D eigenvalue weighted by atomic mass is 9.71. The molecule has 1 atom stereocenters. The van der Waals surface area contributed by atoms with Crippen LogP contribution in [0.4, 0.5) is 0 Å². The Labute approximate surface area is 112 Å². The molecule has 0 saturated heterocycles. The third-order valence-electron chi connectivity index (χ3n) is 5.12. The minimum Gasteiger partial charge on any atom is -0.193 e. The van der Waals surface area contributed by atoms with Crippen molar-refractivity contribution in [1.29, 1.82) is 5.26 Å². The predicted molar refractivity (Wildman–Crippen MR) is 76.0 cm³/mol. The van der Waals surface area contributed by atoms with E-state index in [-0.39, 0.29) is 0 Å². The molecule has 18 heavy (non-hydrogen) atoms. The van der Waals surface area contributed by atoms with Gasteiger partial charge in [0.05, 0.1) is 6.07 Å². The van der Waals surface area contributed by atoms with E-state index in [1.165, 1.54) is 57.8 Å². The van der Waals surface area contributed by atoms with E-state index in [1.807, 2.05) is 0 Å². The van der Waals surface area contributed by atoms with E-state index in [4.69, 9.17) is 5.26 Å². The van der Waals surface area contributed by atoms with E-state index >= 15 is 0 Å². The van der Waals surface area contributed by atoms with Crippen LogP contribution in [0.1, 0.15) is 71.1 Å². The molecule has 0 bridgehead atoms. The molecule has 100 valence electrons. The van der Waals surface area contributed by atoms with Crippen LogP contribution in [-0.2, 0) is 0 Å². The molecule has 0 aromatic rings. The molecule has 2 rings (SSSR count). The maximum absolute atomic E-state index is 8.89. The van der Waals surface area contributed by atoms with E-state index in [2.05, 4.69) is 19.1 Å². The molecule has 1 unspecified atom stereocenters. The van der Waals surface area contributed by atoms with Crippen molar-refractivity contribution in [3.8, 4) is 6.07 Å². The average molecular weight is 245 g/mol. The lowest BCUT2D eigenvalue weighted by Gasteiger charge is -2.35. The summed E-state index contributed by atoms with van der Waals surface area (Å²) in [4.78, 5) is 0. The fraction of sp³-hybridized carbons (Fsp3) is 0.824. The Morgan fingerprint density at radius 1 is 1.17 bits per heavy atom. The Morgan fingerprint density at radius 2 is 1.94 bits per heavy atom. The molecule has 2 aliphatic carbocycles. The Hall–Kier alpha value is -0.770. The Balaban J connectivity index is 1.74. The van der Waals surface area contributed by atoms with Gasteiger partial charge in [0.15, 0.2) is 0 Å². The monoisotopic (exact) mass is 245 g/mol. The summed E-state index contributed by atoms with van der Waals surface area (Å²) >= 11 is 0. The number of hydrogen-bond acceptors (Lipinski definition) is 1. The van der Waals surface area contributed by atoms with Gasteiger partial charge >= 0.3 is 0 Å². The average Bonchev–Trinajstić information content (AvgIpc) is 2.46. The van der Waals surface area contributed by atoms with Gasteiger partial charge in [-0.25, -0.2) is 0 Å². The first-order valence-electron chi connectivity index (χ1n) is 7.92. The fourth-order valence-electron chi connectivity index (χ4n) is 3.83. The minimum atomic E-state index is 0.884. The summed E-state index contributed by atoms with van der Waals surface area (Å²) in [6, 6.07) is 2.32. The largest absolute Gasteiger partial charge is 0.193 e. The summed E-state index contributed by atoms with van der Waals surface area (Å²) in [5.74, 6) is 2.86. The zero-order chi connectivity index (χ0) is 12.8. The van der Waals surface area contributed by atoms with Crippen molar-refractivity contribution in [1.82, 2.24) is 0 Å². The van der Waals surface area contributed by atoms with E-state index in [9.17, 15) is 0 Å². The van der Waals surface area contributed by atoms with Crippen molar-refractivity contribution in [2.45, 2.75) is 71.1 Å². The maximum Gasteiger partial charge on any atom is 0.0943 e. The second-order valence-electron chi connectivity index (χ2n) is 6.30. The van der Waals surface area contributed by atoms with Crippen LogP contribution in [0.25, 0.3) is 0 Å². The summed E-state index contributed by atoms with van der Waals surface area (Å²) in [7, 11) is 0. The van der Waals surface area contributed by atoms with E-state index in [0.29, 0.717) is 0 Å².